The van der Waals surface area contributed by atoms with Crippen LogP contribution < -0.4 is 21.3 Å². The number of carbonyl (C=O) groups is 3. The average Bonchev–Trinajstić information content (AvgIpc) is 3.13. The van der Waals surface area contributed by atoms with E-state index < -0.39 is 6.09 Å². The predicted molar refractivity (Wildman–Crippen MR) is 121 cm³/mol. The lowest BCUT2D eigenvalue weighted by molar-refractivity contribution is -0.113. The number of nitrogen functional groups attached to an aromatic ring is 1. The Morgan fingerprint density at radius 2 is 2.16 bits per heavy atom. The van der Waals surface area contributed by atoms with E-state index in [1.54, 1.807) is 23.1 Å². The van der Waals surface area contributed by atoms with Gasteiger partial charge in [0.25, 0.3) is 5.91 Å². The van der Waals surface area contributed by atoms with Crippen molar-refractivity contribution in [2.45, 2.75) is 30.8 Å². The molecule has 0 saturated carbocycles. The number of aryl methyl sites for hydroxylation is 1. The number of para-hydroxylation sites is 1. The van der Waals surface area contributed by atoms with Gasteiger partial charge in [-0.2, -0.15) is 0 Å². The normalized spacial score (nSPS) is 17.7. The third-order valence-corrected chi connectivity index (χ3v) is 6.41. The van der Waals surface area contributed by atoms with Gasteiger partial charge in [-0.1, -0.05) is 12.1 Å². The average molecular weight is 441 g/mol. The van der Waals surface area contributed by atoms with E-state index in [4.69, 9.17) is 10.5 Å². The van der Waals surface area contributed by atoms with Crippen molar-refractivity contribution in [3.05, 3.63) is 47.5 Å². The molecule has 2 aromatic carbocycles. The van der Waals surface area contributed by atoms with Crippen LogP contribution in [-0.4, -0.2) is 42.9 Å². The van der Waals surface area contributed by atoms with E-state index >= 15 is 0 Å². The molecule has 0 spiro atoms. The van der Waals surface area contributed by atoms with Gasteiger partial charge in [0, 0.05) is 22.8 Å². The number of anilines is 3. The number of nitrogens with zero attached hydrogens (tertiary/aromatic N) is 1. The van der Waals surface area contributed by atoms with E-state index in [0.29, 0.717) is 54.3 Å². The SMILES string of the molecule is Cc1cccc(C(=O)NCCCC2CN(c3ccc4c(c3)NC(=O)CS4)C(=O)O2)c1N. The molecule has 2 aliphatic heterocycles. The minimum absolute atomic E-state index is 0.0500. The lowest BCUT2D eigenvalue weighted by Gasteiger charge is -2.20. The van der Waals surface area contributed by atoms with Crippen molar-refractivity contribution >= 4 is 46.7 Å². The third kappa shape index (κ3) is 4.61. The molecule has 4 N–H and O–H groups in total. The van der Waals surface area contributed by atoms with Crippen LogP contribution in [0.15, 0.2) is 41.3 Å². The van der Waals surface area contributed by atoms with Crippen LogP contribution >= 0.6 is 11.8 Å². The molecule has 0 aliphatic carbocycles. The van der Waals surface area contributed by atoms with Gasteiger partial charge in [-0.15, -0.1) is 11.8 Å². The number of ether oxygens (including phenoxy) is 1. The molecule has 0 radical (unpaired) electrons. The number of thioether (sulfide) groups is 1. The molecule has 4 rings (SSSR count). The number of amides is 3. The van der Waals surface area contributed by atoms with Crippen LogP contribution in [0.1, 0.15) is 28.8 Å². The Hall–Kier alpha value is -3.20. The second-order valence-corrected chi connectivity index (χ2v) is 8.59. The first-order valence-electron chi connectivity index (χ1n) is 10.1. The van der Waals surface area contributed by atoms with Crippen LogP contribution in [0.2, 0.25) is 0 Å². The Kier molecular flexibility index (Phi) is 6.03. The second-order valence-electron chi connectivity index (χ2n) is 7.57. The maximum Gasteiger partial charge on any atom is 0.414 e. The largest absolute Gasteiger partial charge is 0.444 e. The lowest BCUT2D eigenvalue weighted by Crippen LogP contribution is -2.27. The maximum absolute atomic E-state index is 12.3. The molecule has 1 unspecified atom stereocenters. The highest BCUT2D eigenvalue weighted by Gasteiger charge is 2.32. The van der Waals surface area contributed by atoms with Crippen LogP contribution in [0.4, 0.5) is 21.9 Å². The summed E-state index contributed by atoms with van der Waals surface area (Å²) >= 11 is 1.48. The van der Waals surface area contributed by atoms with Gasteiger partial charge in [0.2, 0.25) is 5.91 Å². The summed E-state index contributed by atoms with van der Waals surface area (Å²) in [6.45, 7) is 2.75. The van der Waals surface area contributed by atoms with Crippen LogP contribution in [-0.2, 0) is 9.53 Å². The van der Waals surface area contributed by atoms with Crippen molar-refractivity contribution < 1.29 is 19.1 Å². The summed E-state index contributed by atoms with van der Waals surface area (Å²) < 4.78 is 5.48. The van der Waals surface area contributed by atoms with Crippen LogP contribution in [0.3, 0.4) is 0 Å². The summed E-state index contributed by atoms with van der Waals surface area (Å²) in [6.07, 6.45) is 0.633. The Morgan fingerprint density at radius 1 is 1.32 bits per heavy atom. The monoisotopic (exact) mass is 440 g/mol. The number of rotatable bonds is 6. The summed E-state index contributed by atoms with van der Waals surface area (Å²) in [7, 11) is 0. The van der Waals surface area contributed by atoms with Gasteiger partial charge in [-0.3, -0.25) is 14.5 Å². The Labute approximate surface area is 184 Å². The molecule has 162 valence electrons. The molecule has 2 aliphatic rings. The summed E-state index contributed by atoms with van der Waals surface area (Å²) in [6, 6.07) is 10.9. The minimum Gasteiger partial charge on any atom is -0.444 e. The van der Waals surface area contributed by atoms with Crippen LogP contribution in [0.25, 0.3) is 0 Å². The molecule has 9 heteroatoms. The topological polar surface area (TPSA) is 114 Å². The highest BCUT2D eigenvalue weighted by Crippen LogP contribution is 2.35. The van der Waals surface area contributed by atoms with Gasteiger partial charge < -0.3 is 21.1 Å². The van der Waals surface area contributed by atoms with E-state index in [9.17, 15) is 14.4 Å². The second kappa shape index (κ2) is 8.89. The molecule has 31 heavy (non-hydrogen) atoms. The highest BCUT2D eigenvalue weighted by molar-refractivity contribution is 8.00. The van der Waals surface area contributed by atoms with Crippen LogP contribution in [0.5, 0.6) is 0 Å². The third-order valence-electron chi connectivity index (χ3n) is 5.34. The standard InChI is InChI=1S/C22H24N4O4S/c1-13-4-2-6-16(20(13)23)21(28)24-9-3-5-15-11-26(22(29)30-15)14-7-8-18-17(10-14)25-19(27)12-31-18/h2,4,6-8,10,15H,3,5,9,11-12,23H2,1H3,(H,24,28)(H,25,27). The number of cyclic esters (lactones) is 1. The molecule has 1 atom stereocenters. The van der Waals surface area contributed by atoms with E-state index in [-0.39, 0.29) is 17.9 Å². The fraction of sp³-hybridized carbons (Fsp3) is 0.318. The quantitative estimate of drug-likeness (QED) is 0.470. The van der Waals surface area contributed by atoms with Gasteiger partial charge in [0.05, 0.1) is 23.5 Å². The van der Waals surface area contributed by atoms with Crippen LogP contribution in [0, 0.1) is 6.92 Å². The van der Waals surface area contributed by atoms with Crippen molar-refractivity contribution in [1.82, 2.24) is 5.32 Å². The fourth-order valence-electron chi connectivity index (χ4n) is 3.63. The minimum atomic E-state index is -0.406. The van der Waals surface area contributed by atoms with Gasteiger partial charge in [0.15, 0.2) is 0 Å². The smallest absolute Gasteiger partial charge is 0.414 e. The number of benzene rings is 2. The first-order valence-corrected chi connectivity index (χ1v) is 11.1. The van der Waals surface area contributed by atoms with Gasteiger partial charge in [-0.05, 0) is 49.6 Å². The molecule has 0 bridgehead atoms. The zero-order valence-corrected chi connectivity index (χ0v) is 18.0. The molecule has 0 aromatic heterocycles. The number of carbonyl (C=O) groups excluding carboxylic acids is 3. The molecule has 8 nitrogen and oxygen atoms in total. The summed E-state index contributed by atoms with van der Waals surface area (Å²) in [5.74, 6) is 0.138. The van der Waals surface area contributed by atoms with E-state index in [2.05, 4.69) is 10.6 Å². The van der Waals surface area contributed by atoms with Gasteiger partial charge in [0.1, 0.15) is 6.10 Å². The van der Waals surface area contributed by atoms with Crippen molar-refractivity contribution in [3.8, 4) is 0 Å². The number of hydrogen-bond acceptors (Lipinski definition) is 6. The molecule has 2 heterocycles. The highest BCUT2D eigenvalue weighted by atomic mass is 32.2. The van der Waals surface area contributed by atoms with E-state index in [1.807, 2.05) is 25.1 Å². The zero-order chi connectivity index (χ0) is 22.0. The first-order chi connectivity index (χ1) is 14.9. The molecule has 3 amide bonds. The zero-order valence-electron chi connectivity index (χ0n) is 17.1. The number of nitrogens with one attached hydrogen (secondary N) is 2. The number of fused-ring (bicyclic) bond motifs is 1. The summed E-state index contributed by atoms with van der Waals surface area (Å²) in [5.41, 5.74) is 9.20. The van der Waals surface area contributed by atoms with E-state index in [0.717, 1.165) is 10.5 Å². The van der Waals surface area contributed by atoms with Crippen molar-refractivity contribution in [2.24, 2.45) is 0 Å². The maximum atomic E-state index is 12.3. The van der Waals surface area contributed by atoms with Gasteiger partial charge in [-0.25, -0.2) is 4.79 Å². The molecular formula is C22H24N4O4S. The molecular weight excluding hydrogens is 416 g/mol. The van der Waals surface area contributed by atoms with Crippen molar-refractivity contribution in [3.63, 3.8) is 0 Å². The molecule has 1 fully saturated rings. The Balaban J connectivity index is 1.28. The molecule has 1 saturated heterocycles. The molecule has 2 aromatic rings. The summed E-state index contributed by atoms with van der Waals surface area (Å²) in [5, 5.41) is 5.70. The van der Waals surface area contributed by atoms with Gasteiger partial charge >= 0.3 is 6.09 Å². The van der Waals surface area contributed by atoms with Crippen molar-refractivity contribution in [2.75, 3.05) is 34.8 Å². The van der Waals surface area contributed by atoms with E-state index in [1.165, 1.54) is 11.8 Å². The van der Waals surface area contributed by atoms with Crippen molar-refractivity contribution in [1.29, 1.82) is 0 Å². The fourth-order valence-corrected chi connectivity index (χ4v) is 4.42. The Morgan fingerprint density at radius 3 is 3.00 bits per heavy atom. The number of hydrogen-bond donors (Lipinski definition) is 3. The lowest BCUT2D eigenvalue weighted by atomic mass is 10.1. The predicted octanol–water partition coefficient (Wildman–Crippen LogP) is 3.16. The summed E-state index contributed by atoms with van der Waals surface area (Å²) in [4.78, 5) is 38.8. The number of nitrogens with two attached hydrogens (primary N) is 1. The first kappa shape index (κ1) is 21.0. The Bertz CT molecular complexity index is 1040.